The molecule has 9 heteroatoms. The maximum absolute atomic E-state index is 11.2. The van der Waals surface area contributed by atoms with E-state index in [1.165, 1.54) is 11.8 Å². The second-order valence-corrected chi connectivity index (χ2v) is 4.84. The lowest BCUT2D eigenvalue weighted by molar-refractivity contribution is -0.385. The number of nitrogens with zero attached hydrogens (tertiary/aromatic N) is 4. The van der Waals surface area contributed by atoms with E-state index >= 15 is 0 Å². The van der Waals surface area contributed by atoms with Crippen LogP contribution in [0.3, 0.4) is 0 Å². The summed E-state index contributed by atoms with van der Waals surface area (Å²) in [6.45, 7) is 5.51. The van der Waals surface area contributed by atoms with Crippen molar-refractivity contribution in [3.05, 3.63) is 15.8 Å². The monoisotopic (exact) mass is 282 g/mol. The minimum atomic E-state index is -0.602. The summed E-state index contributed by atoms with van der Waals surface area (Å²) in [5.41, 5.74) is 10.6. The Morgan fingerprint density at radius 2 is 2.05 bits per heavy atom. The van der Waals surface area contributed by atoms with Gasteiger partial charge >= 0.3 is 5.69 Å². The SMILES string of the molecule is Cc1nc(N)nc(N(CC(N)=O)CC(C)C)c1[N+](=O)[O-]. The summed E-state index contributed by atoms with van der Waals surface area (Å²) >= 11 is 0. The predicted molar refractivity (Wildman–Crippen MR) is 74.1 cm³/mol. The first kappa shape index (κ1) is 15.6. The predicted octanol–water partition coefficient (Wildman–Crippen LogP) is 0.223. The van der Waals surface area contributed by atoms with E-state index in [0.717, 1.165) is 0 Å². The van der Waals surface area contributed by atoms with Crippen LogP contribution in [0.25, 0.3) is 0 Å². The van der Waals surface area contributed by atoms with E-state index in [1.807, 2.05) is 13.8 Å². The number of nitrogen functional groups attached to an aromatic ring is 1. The average Bonchev–Trinajstić information content (AvgIpc) is 2.24. The summed E-state index contributed by atoms with van der Waals surface area (Å²) < 4.78 is 0. The van der Waals surface area contributed by atoms with Crippen LogP contribution in [0.15, 0.2) is 0 Å². The van der Waals surface area contributed by atoms with Crippen molar-refractivity contribution in [3.63, 3.8) is 0 Å². The third-order valence-electron chi connectivity index (χ3n) is 2.47. The normalized spacial score (nSPS) is 10.6. The summed E-state index contributed by atoms with van der Waals surface area (Å²) in [4.78, 5) is 30.9. The highest BCUT2D eigenvalue weighted by Gasteiger charge is 2.27. The van der Waals surface area contributed by atoms with Crippen molar-refractivity contribution in [1.82, 2.24) is 9.97 Å². The van der Waals surface area contributed by atoms with Crippen molar-refractivity contribution in [3.8, 4) is 0 Å². The molecule has 0 aliphatic heterocycles. The third-order valence-corrected chi connectivity index (χ3v) is 2.47. The molecule has 0 unspecified atom stereocenters. The van der Waals surface area contributed by atoms with Crippen molar-refractivity contribution in [2.24, 2.45) is 11.7 Å². The van der Waals surface area contributed by atoms with E-state index in [1.54, 1.807) is 0 Å². The molecule has 0 saturated heterocycles. The lowest BCUT2D eigenvalue weighted by Gasteiger charge is -2.24. The number of amides is 1. The number of hydrogen-bond donors (Lipinski definition) is 2. The van der Waals surface area contributed by atoms with Crippen molar-refractivity contribution >= 4 is 23.4 Å². The molecule has 0 radical (unpaired) electrons. The Balaban J connectivity index is 3.36. The molecule has 9 nitrogen and oxygen atoms in total. The van der Waals surface area contributed by atoms with Crippen LogP contribution in [0.2, 0.25) is 0 Å². The van der Waals surface area contributed by atoms with Gasteiger partial charge in [0.15, 0.2) is 0 Å². The number of nitro groups is 1. The number of primary amides is 1. The average molecular weight is 282 g/mol. The molecule has 0 aliphatic carbocycles. The van der Waals surface area contributed by atoms with Gasteiger partial charge < -0.3 is 16.4 Å². The van der Waals surface area contributed by atoms with Crippen LogP contribution >= 0.6 is 0 Å². The van der Waals surface area contributed by atoms with Gasteiger partial charge in [0.25, 0.3) is 0 Å². The van der Waals surface area contributed by atoms with Crippen molar-refractivity contribution in [1.29, 1.82) is 0 Å². The van der Waals surface area contributed by atoms with Crippen LogP contribution < -0.4 is 16.4 Å². The first-order valence-electron chi connectivity index (χ1n) is 6.04. The maximum atomic E-state index is 11.2. The van der Waals surface area contributed by atoms with Crippen LogP contribution in [-0.2, 0) is 4.79 Å². The molecule has 0 aliphatic rings. The summed E-state index contributed by atoms with van der Waals surface area (Å²) in [6.07, 6.45) is 0. The molecule has 0 spiro atoms. The number of carbonyl (C=O) groups excluding carboxylic acids is 1. The lowest BCUT2D eigenvalue weighted by atomic mass is 10.2. The molecule has 1 heterocycles. The summed E-state index contributed by atoms with van der Waals surface area (Å²) in [7, 11) is 0. The topological polar surface area (TPSA) is 141 Å². The zero-order chi connectivity index (χ0) is 15.4. The summed E-state index contributed by atoms with van der Waals surface area (Å²) in [5.74, 6) is -0.505. The molecule has 0 atom stereocenters. The zero-order valence-corrected chi connectivity index (χ0v) is 11.7. The number of rotatable bonds is 6. The van der Waals surface area contributed by atoms with Gasteiger partial charge in [0, 0.05) is 6.54 Å². The molecule has 0 aromatic carbocycles. The highest BCUT2D eigenvalue weighted by atomic mass is 16.6. The van der Waals surface area contributed by atoms with Crippen LogP contribution in [0, 0.1) is 23.0 Å². The van der Waals surface area contributed by atoms with E-state index in [2.05, 4.69) is 9.97 Å². The number of anilines is 2. The minimum Gasteiger partial charge on any atom is -0.368 e. The Labute approximate surface area is 116 Å². The molecule has 20 heavy (non-hydrogen) atoms. The first-order valence-corrected chi connectivity index (χ1v) is 6.04. The smallest absolute Gasteiger partial charge is 0.332 e. The molecule has 0 fully saturated rings. The van der Waals surface area contributed by atoms with Crippen LogP contribution in [0.5, 0.6) is 0 Å². The van der Waals surface area contributed by atoms with Crippen LogP contribution in [0.1, 0.15) is 19.5 Å². The van der Waals surface area contributed by atoms with Gasteiger partial charge in [0.2, 0.25) is 17.7 Å². The highest BCUT2D eigenvalue weighted by molar-refractivity contribution is 5.80. The van der Waals surface area contributed by atoms with Crippen LogP contribution in [0.4, 0.5) is 17.5 Å². The van der Waals surface area contributed by atoms with Gasteiger partial charge in [-0.1, -0.05) is 13.8 Å². The fraction of sp³-hybridized carbons (Fsp3) is 0.545. The molecular formula is C11H18N6O3. The molecule has 1 aromatic heterocycles. The first-order chi connectivity index (χ1) is 9.22. The number of aromatic nitrogens is 2. The summed E-state index contributed by atoms with van der Waals surface area (Å²) in [6, 6.07) is 0. The molecule has 110 valence electrons. The molecule has 1 amide bonds. The minimum absolute atomic E-state index is 0.0208. The van der Waals surface area contributed by atoms with Gasteiger partial charge in [-0.25, -0.2) is 4.98 Å². The van der Waals surface area contributed by atoms with E-state index in [0.29, 0.717) is 6.54 Å². The van der Waals surface area contributed by atoms with E-state index < -0.39 is 10.8 Å². The van der Waals surface area contributed by atoms with Gasteiger partial charge in [-0.05, 0) is 12.8 Å². The number of nitrogens with two attached hydrogens (primary N) is 2. The van der Waals surface area contributed by atoms with E-state index in [4.69, 9.17) is 11.5 Å². The largest absolute Gasteiger partial charge is 0.368 e. The van der Waals surface area contributed by atoms with Gasteiger partial charge in [-0.2, -0.15) is 4.98 Å². The Bertz CT molecular complexity index is 531. The van der Waals surface area contributed by atoms with Crippen molar-refractivity contribution in [2.45, 2.75) is 20.8 Å². The molecule has 4 N–H and O–H groups in total. The zero-order valence-electron chi connectivity index (χ0n) is 11.7. The Morgan fingerprint density at radius 3 is 2.50 bits per heavy atom. The quantitative estimate of drug-likeness (QED) is 0.561. The molecule has 1 aromatic rings. The Kier molecular flexibility index (Phi) is 4.78. The van der Waals surface area contributed by atoms with E-state index in [-0.39, 0.29) is 35.6 Å². The fourth-order valence-corrected chi connectivity index (χ4v) is 1.86. The number of aryl methyl sites for hydroxylation is 1. The highest BCUT2D eigenvalue weighted by Crippen LogP contribution is 2.29. The van der Waals surface area contributed by atoms with Crippen LogP contribution in [-0.4, -0.2) is 33.9 Å². The second kappa shape index (κ2) is 6.13. The van der Waals surface area contributed by atoms with Crippen molar-refractivity contribution in [2.75, 3.05) is 23.7 Å². The number of carbonyl (C=O) groups is 1. The second-order valence-electron chi connectivity index (χ2n) is 4.84. The maximum Gasteiger partial charge on any atom is 0.332 e. The molecule has 1 rings (SSSR count). The van der Waals surface area contributed by atoms with Gasteiger partial charge in [-0.15, -0.1) is 0 Å². The third kappa shape index (κ3) is 3.77. The summed E-state index contributed by atoms with van der Waals surface area (Å²) in [5, 5.41) is 11.2. The standard InChI is InChI=1S/C11H18N6O3/c1-6(2)4-16(5-8(12)18)10-9(17(19)20)7(3)14-11(13)15-10/h6H,4-5H2,1-3H3,(H2,12,18)(H2,13,14,15). The number of hydrogen-bond acceptors (Lipinski definition) is 7. The van der Waals surface area contributed by atoms with Gasteiger partial charge in [0.1, 0.15) is 5.69 Å². The Morgan fingerprint density at radius 1 is 1.45 bits per heavy atom. The fourth-order valence-electron chi connectivity index (χ4n) is 1.86. The Hall–Kier alpha value is -2.45. The van der Waals surface area contributed by atoms with E-state index in [9.17, 15) is 14.9 Å². The molecule has 0 saturated carbocycles. The molecular weight excluding hydrogens is 264 g/mol. The van der Waals surface area contributed by atoms with Gasteiger partial charge in [-0.3, -0.25) is 14.9 Å². The van der Waals surface area contributed by atoms with Gasteiger partial charge in [0.05, 0.1) is 11.5 Å². The lowest BCUT2D eigenvalue weighted by Crippen LogP contribution is -2.37. The van der Waals surface area contributed by atoms with Crippen molar-refractivity contribution < 1.29 is 9.72 Å². The molecule has 0 bridgehead atoms.